The molecule has 0 radical (unpaired) electrons. The third-order valence-electron chi connectivity index (χ3n) is 1.26. The summed E-state index contributed by atoms with van der Waals surface area (Å²) >= 11 is 4.92. The van der Waals surface area contributed by atoms with Crippen LogP contribution in [-0.4, -0.2) is 29.5 Å². The highest BCUT2D eigenvalue weighted by Crippen LogP contribution is 2.02. The number of hydrogen-bond acceptors (Lipinski definition) is 1. The van der Waals surface area contributed by atoms with Crippen molar-refractivity contribution in [2.24, 2.45) is 0 Å². The summed E-state index contributed by atoms with van der Waals surface area (Å²) in [4.78, 5) is 12.1. The Labute approximate surface area is 65.0 Å². The van der Waals surface area contributed by atoms with Crippen molar-refractivity contribution < 1.29 is 9.18 Å². The highest BCUT2D eigenvalue weighted by Gasteiger charge is 2.18. The first-order valence-electron chi connectivity index (χ1n) is 3.20. The monoisotopic (exact) mass is 167 g/mol. The SMILES string of the molecule is CCN(CC)C(=O)C(F)Cl. The number of nitrogens with zero attached hydrogens (tertiary/aromatic N) is 1. The van der Waals surface area contributed by atoms with Crippen LogP contribution in [0.2, 0.25) is 0 Å². The molecule has 2 nitrogen and oxygen atoms in total. The van der Waals surface area contributed by atoms with Gasteiger partial charge in [0, 0.05) is 13.1 Å². The fourth-order valence-corrected chi connectivity index (χ4v) is 0.811. The largest absolute Gasteiger partial charge is 0.340 e. The minimum Gasteiger partial charge on any atom is -0.340 e. The number of halogens is 2. The maximum atomic E-state index is 12.1. The van der Waals surface area contributed by atoms with Crippen LogP contribution in [0.25, 0.3) is 0 Å². The predicted octanol–water partition coefficient (Wildman–Crippen LogP) is 1.39. The van der Waals surface area contributed by atoms with Gasteiger partial charge in [0.15, 0.2) is 0 Å². The molecular weight excluding hydrogens is 157 g/mol. The van der Waals surface area contributed by atoms with Gasteiger partial charge in [0.05, 0.1) is 0 Å². The van der Waals surface area contributed by atoms with Crippen molar-refractivity contribution >= 4 is 17.5 Å². The van der Waals surface area contributed by atoms with Gasteiger partial charge >= 0.3 is 0 Å². The Morgan fingerprint density at radius 1 is 1.60 bits per heavy atom. The van der Waals surface area contributed by atoms with E-state index in [2.05, 4.69) is 0 Å². The summed E-state index contributed by atoms with van der Waals surface area (Å²) in [5, 5.41) is 0. The number of hydrogen-bond donors (Lipinski definition) is 0. The summed E-state index contributed by atoms with van der Waals surface area (Å²) < 4.78 is 12.1. The van der Waals surface area contributed by atoms with Crippen LogP contribution in [-0.2, 0) is 4.79 Å². The molecule has 0 aliphatic carbocycles. The maximum absolute atomic E-state index is 12.1. The molecule has 10 heavy (non-hydrogen) atoms. The molecule has 1 unspecified atom stereocenters. The van der Waals surface area contributed by atoms with E-state index < -0.39 is 11.5 Å². The molecule has 0 rings (SSSR count). The van der Waals surface area contributed by atoms with Crippen LogP contribution >= 0.6 is 11.6 Å². The Morgan fingerprint density at radius 3 is 2.10 bits per heavy atom. The second-order valence-electron chi connectivity index (χ2n) is 1.81. The maximum Gasteiger partial charge on any atom is 0.272 e. The first kappa shape index (κ1) is 9.69. The molecule has 60 valence electrons. The van der Waals surface area contributed by atoms with E-state index in [1.54, 1.807) is 13.8 Å². The van der Waals surface area contributed by atoms with Crippen molar-refractivity contribution in [2.75, 3.05) is 13.1 Å². The summed E-state index contributed by atoms with van der Waals surface area (Å²) in [6, 6.07) is 0. The second-order valence-corrected chi connectivity index (χ2v) is 2.19. The average Bonchev–Trinajstić information content (AvgIpc) is 1.90. The van der Waals surface area contributed by atoms with Gasteiger partial charge < -0.3 is 4.90 Å². The Hall–Kier alpha value is -0.310. The van der Waals surface area contributed by atoms with E-state index in [1.165, 1.54) is 4.90 Å². The summed E-state index contributed by atoms with van der Waals surface area (Å²) in [6.07, 6.45) is 0. The normalized spacial score (nSPS) is 12.8. The van der Waals surface area contributed by atoms with Crippen LogP contribution in [0.3, 0.4) is 0 Å². The van der Waals surface area contributed by atoms with Crippen LogP contribution in [0.5, 0.6) is 0 Å². The lowest BCUT2D eigenvalue weighted by Gasteiger charge is -2.17. The van der Waals surface area contributed by atoms with Gasteiger partial charge in [0.2, 0.25) is 0 Å². The van der Waals surface area contributed by atoms with Crippen molar-refractivity contribution in [1.82, 2.24) is 4.90 Å². The zero-order valence-electron chi connectivity index (χ0n) is 6.10. The van der Waals surface area contributed by atoms with Gasteiger partial charge in [-0.05, 0) is 13.8 Å². The topological polar surface area (TPSA) is 20.3 Å². The molecule has 4 heteroatoms. The fraction of sp³-hybridized carbons (Fsp3) is 0.833. The van der Waals surface area contributed by atoms with Crippen molar-refractivity contribution in [1.29, 1.82) is 0 Å². The third-order valence-corrected chi connectivity index (χ3v) is 1.45. The molecule has 1 amide bonds. The molecule has 0 spiro atoms. The molecule has 0 aromatic carbocycles. The molecule has 0 N–H and O–H groups in total. The van der Waals surface area contributed by atoms with Crippen LogP contribution in [0, 0.1) is 0 Å². The summed E-state index contributed by atoms with van der Waals surface area (Å²) in [6.45, 7) is 4.56. The van der Waals surface area contributed by atoms with Gasteiger partial charge in [-0.15, -0.1) is 0 Å². The van der Waals surface area contributed by atoms with E-state index in [1.807, 2.05) is 0 Å². The van der Waals surface area contributed by atoms with Crippen LogP contribution < -0.4 is 0 Å². The van der Waals surface area contributed by atoms with E-state index in [9.17, 15) is 9.18 Å². The number of carbonyl (C=O) groups excluding carboxylic acids is 1. The molecule has 0 aliphatic rings. The zero-order chi connectivity index (χ0) is 8.15. The average molecular weight is 168 g/mol. The van der Waals surface area contributed by atoms with Gasteiger partial charge in [-0.1, -0.05) is 11.6 Å². The van der Waals surface area contributed by atoms with Crippen molar-refractivity contribution in [3.8, 4) is 0 Å². The molecule has 0 aromatic heterocycles. The summed E-state index contributed by atoms with van der Waals surface area (Å²) in [7, 11) is 0. The molecule has 0 saturated carbocycles. The lowest BCUT2D eigenvalue weighted by atomic mass is 10.5. The summed E-state index contributed by atoms with van der Waals surface area (Å²) in [5.41, 5.74) is -1.89. The van der Waals surface area contributed by atoms with Crippen molar-refractivity contribution in [3.63, 3.8) is 0 Å². The number of amides is 1. The van der Waals surface area contributed by atoms with Gasteiger partial charge in [0.1, 0.15) is 0 Å². The smallest absolute Gasteiger partial charge is 0.272 e. The first-order valence-corrected chi connectivity index (χ1v) is 3.64. The second kappa shape index (κ2) is 4.50. The van der Waals surface area contributed by atoms with Crippen molar-refractivity contribution in [3.05, 3.63) is 0 Å². The molecule has 0 aliphatic heterocycles. The van der Waals surface area contributed by atoms with Gasteiger partial charge in [-0.3, -0.25) is 4.79 Å². The minimum absolute atomic E-state index is 0.502. The highest BCUT2D eigenvalue weighted by molar-refractivity contribution is 6.29. The van der Waals surface area contributed by atoms with Crippen molar-refractivity contribution in [2.45, 2.75) is 19.5 Å². The van der Waals surface area contributed by atoms with Crippen LogP contribution in [0.1, 0.15) is 13.8 Å². The van der Waals surface area contributed by atoms with E-state index in [0.717, 1.165) is 0 Å². The highest BCUT2D eigenvalue weighted by atomic mass is 35.5. The quantitative estimate of drug-likeness (QED) is 0.582. The lowest BCUT2D eigenvalue weighted by Crippen LogP contribution is -2.34. The molecule has 0 bridgehead atoms. The minimum atomic E-state index is -1.89. The van der Waals surface area contributed by atoms with E-state index in [0.29, 0.717) is 13.1 Å². The van der Waals surface area contributed by atoms with E-state index in [-0.39, 0.29) is 0 Å². The Bertz CT molecular complexity index is 114. The number of rotatable bonds is 3. The molecule has 0 fully saturated rings. The van der Waals surface area contributed by atoms with Crippen LogP contribution in [0.15, 0.2) is 0 Å². The number of alkyl halides is 2. The predicted molar refractivity (Wildman–Crippen MR) is 38.7 cm³/mol. The van der Waals surface area contributed by atoms with Gasteiger partial charge in [0.25, 0.3) is 11.5 Å². The standard InChI is InChI=1S/C6H11ClFNO/c1-3-9(4-2)6(10)5(7)8/h5H,3-4H2,1-2H3. The first-order chi connectivity index (χ1) is 4.63. The van der Waals surface area contributed by atoms with E-state index >= 15 is 0 Å². The molecule has 0 aromatic rings. The van der Waals surface area contributed by atoms with E-state index in [4.69, 9.17) is 11.6 Å². The van der Waals surface area contributed by atoms with Gasteiger partial charge in [-0.25, -0.2) is 4.39 Å². The molecular formula is C6H11ClFNO. The Morgan fingerprint density at radius 2 is 2.00 bits per heavy atom. The molecule has 0 saturated heterocycles. The number of carbonyl (C=O) groups is 1. The summed E-state index contributed by atoms with van der Waals surface area (Å²) in [5.74, 6) is -0.647. The third kappa shape index (κ3) is 2.52. The Balaban J connectivity index is 3.89. The van der Waals surface area contributed by atoms with Crippen LogP contribution in [0.4, 0.5) is 4.39 Å². The Kier molecular flexibility index (Phi) is 4.36. The zero-order valence-corrected chi connectivity index (χ0v) is 6.86. The van der Waals surface area contributed by atoms with Gasteiger partial charge in [-0.2, -0.15) is 0 Å². The molecule has 0 heterocycles. The fourth-order valence-electron chi connectivity index (χ4n) is 0.673. The lowest BCUT2D eigenvalue weighted by molar-refractivity contribution is -0.133. The molecule has 1 atom stereocenters.